The number of H-pyrrole nitrogens is 1. The number of hydrogen-bond donors (Lipinski definition) is 4. The lowest BCUT2D eigenvalue weighted by molar-refractivity contribution is 0.0695. The van der Waals surface area contributed by atoms with Crippen molar-refractivity contribution in [3.8, 4) is 16.9 Å². The predicted molar refractivity (Wildman–Crippen MR) is 101 cm³/mol. The van der Waals surface area contributed by atoms with Crippen molar-refractivity contribution in [3.05, 3.63) is 45.2 Å². The van der Waals surface area contributed by atoms with Crippen molar-refractivity contribution in [1.29, 1.82) is 0 Å². The summed E-state index contributed by atoms with van der Waals surface area (Å²) in [5, 5.41) is 18.9. The van der Waals surface area contributed by atoms with Crippen LogP contribution in [0.25, 0.3) is 11.1 Å². The molecule has 2 aromatic rings. The molecule has 1 heterocycles. The molecule has 0 fully saturated rings. The monoisotopic (exact) mass is 374 g/mol. The van der Waals surface area contributed by atoms with Crippen LogP contribution in [-0.2, 0) is 0 Å². The SMILES string of the molecule is Cc1cc(-c2c(C(=O)O)c(N)[nH]c(=O)c2C(=O)O)ccc1OCCC(C)C. The molecule has 0 amide bonds. The molecule has 0 aliphatic heterocycles. The van der Waals surface area contributed by atoms with Crippen LogP contribution in [0.5, 0.6) is 5.75 Å². The van der Waals surface area contributed by atoms with Crippen LogP contribution in [0.3, 0.4) is 0 Å². The van der Waals surface area contributed by atoms with Gasteiger partial charge in [-0.1, -0.05) is 19.9 Å². The van der Waals surface area contributed by atoms with E-state index in [1.165, 1.54) is 6.07 Å². The number of ether oxygens (including phenoxy) is 1. The zero-order valence-electron chi connectivity index (χ0n) is 15.3. The number of nitrogens with one attached hydrogen (secondary N) is 1. The number of rotatable bonds is 7. The van der Waals surface area contributed by atoms with Gasteiger partial charge in [0.25, 0.3) is 5.56 Å². The molecule has 0 saturated carbocycles. The van der Waals surface area contributed by atoms with E-state index in [0.717, 1.165) is 6.42 Å². The van der Waals surface area contributed by atoms with E-state index in [-0.39, 0.29) is 11.1 Å². The van der Waals surface area contributed by atoms with Crippen molar-refractivity contribution in [2.75, 3.05) is 12.3 Å². The van der Waals surface area contributed by atoms with Gasteiger partial charge in [-0.2, -0.15) is 0 Å². The second-order valence-corrected chi connectivity index (χ2v) is 6.61. The Kier molecular flexibility index (Phi) is 5.89. The Morgan fingerprint density at radius 2 is 1.81 bits per heavy atom. The van der Waals surface area contributed by atoms with E-state index >= 15 is 0 Å². The van der Waals surface area contributed by atoms with Crippen LogP contribution >= 0.6 is 0 Å². The van der Waals surface area contributed by atoms with E-state index in [9.17, 15) is 24.6 Å². The van der Waals surface area contributed by atoms with Gasteiger partial charge >= 0.3 is 11.9 Å². The van der Waals surface area contributed by atoms with Crippen LogP contribution < -0.4 is 16.0 Å². The van der Waals surface area contributed by atoms with Gasteiger partial charge in [-0.3, -0.25) is 4.79 Å². The average Bonchev–Trinajstić information content (AvgIpc) is 2.54. The number of anilines is 1. The third-order valence-corrected chi connectivity index (χ3v) is 4.09. The Morgan fingerprint density at radius 3 is 2.33 bits per heavy atom. The number of aromatic amines is 1. The highest BCUT2D eigenvalue weighted by Crippen LogP contribution is 2.32. The van der Waals surface area contributed by atoms with Gasteiger partial charge in [0.15, 0.2) is 0 Å². The molecule has 0 saturated heterocycles. The first-order chi connectivity index (χ1) is 12.6. The van der Waals surface area contributed by atoms with Crippen LogP contribution in [0, 0.1) is 12.8 Å². The molecule has 1 aromatic carbocycles. The molecule has 0 unspecified atom stereocenters. The summed E-state index contributed by atoms with van der Waals surface area (Å²) >= 11 is 0. The first kappa shape index (κ1) is 20.0. The Bertz CT molecular complexity index is 946. The van der Waals surface area contributed by atoms with Crippen LogP contribution in [0.15, 0.2) is 23.0 Å². The van der Waals surface area contributed by atoms with Gasteiger partial charge in [-0.05, 0) is 42.5 Å². The van der Waals surface area contributed by atoms with E-state index in [1.54, 1.807) is 19.1 Å². The number of pyridine rings is 1. The average molecular weight is 374 g/mol. The number of aromatic nitrogens is 1. The quantitative estimate of drug-likeness (QED) is 0.583. The molecule has 8 heteroatoms. The number of carbonyl (C=O) groups is 2. The van der Waals surface area contributed by atoms with E-state index in [0.29, 0.717) is 23.8 Å². The first-order valence-corrected chi connectivity index (χ1v) is 8.39. The fraction of sp³-hybridized carbons (Fsp3) is 0.316. The molecule has 0 aliphatic carbocycles. The van der Waals surface area contributed by atoms with Gasteiger partial charge in [-0.15, -0.1) is 0 Å². The Labute approximate surface area is 155 Å². The molecule has 2 rings (SSSR count). The Balaban J connectivity index is 2.61. The maximum atomic E-state index is 12.1. The summed E-state index contributed by atoms with van der Waals surface area (Å²) in [5.74, 6) is -2.28. The number of carboxylic acids is 2. The summed E-state index contributed by atoms with van der Waals surface area (Å²) in [6.45, 7) is 6.44. The lowest BCUT2D eigenvalue weighted by Gasteiger charge is -2.15. The summed E-state index contributed by atoms with van der Waals surface area (Å²) in [4.78, 5) is 37.4. The molecule has 5 N–H and O–H groups in total. The molecule has 0 radical (unpaired) electrons. The van der Waals surface area contributed by atoms with E-state index in [1.807, 2.05) is 0 Å². The maximum absolute atomic E-state index is 12.1. The number of benzene rings is 1. The second kappa shape index (κ2) is 7.94. The van der Waals surface area contributed by atoms with Crippen LogP contribution in [0.4, 0.5) is 5.82 Å². The number of carboxylic acid groups (broad SMARTS) is 2. The Hall–Kier alpha value is -3.29. The lowest BCUT2D eigenvalue weighted by atomic mass is 9.94. The van der Waals surface area contributed by atoms with Crippen molar-refractivity contribution < 1.29 is 24.5 Å². The molecule has 144 valence electrons. The van der Waals surface area contributed by atoms with E-state index < -0.39 is 34.4 Å². The minimum Gasteiger partial charge on any atom is -0.493 e. The highest BCUT2D eigenvalue weighted by Gasteiger charge is 2.26. The minimum atomic E-state index is -1.54. The summed E-state index contributed by atoms with van der Waals surface area (Å²) < 4.78 is 5.72. The molecular formula is C19H22N2O6. The molecule has 0 aliphatic rings. The number of aromatic carboxylic acids is 2. The van der Waals surface area contributed by atoms with Gasteiger partial charge in [-0.25, -0.2) is 9.59 Å². The number of aryl methyl sites for hydroxylation is 1. The van der Waals surface area contributed by atoms with Gasteiger partial charge < -0.3 is 25.7 Å². The largest absolute Gasteiger partial charge is 0.493 e. The van der Waals surface area contributed by atoms with Gasteiger partial charge in [0.1, 0.15) is 22.7 Å². The Morgan fingerprint density at radius 1 is 1.19 bits per heavy atom. The number of nitrogens with two attached hydrogens (primary N) is 1. The minimum absolute atomic E-state index is 0.229. The summed E-state index contributed by atoms with van der Waals surface area (Å²) in [5.41, 5.74) is 4.26. The van der Waals surface area contributed by atoms with Crippen molar-refractivity contribution in [2.45, 2.75) is 27.2 Å². The molecule has 27 heavy (non-hydrogen) atoms. The van der Waals surface area contributed by atoms with E-state index in [4.69, 9.17) is 10.5 Å². The molecule has 0 spiro atoms. The van der Waals surface area contributed by atoms with Gasteiger partial charge in [0.2, 0.25) is 0 Å². The first-order valence-electron chi connectivity index (χ1n) is 8.39. The predicted octanol–water partition coefficient (Wildman–Crippen LogP) is 2.75. The molecule has 1 aromatic heterocycles. The summed E-state index contributed by atoms with van der Waals surface area (Å²) in [6, 6.07) is 4.72. The third-order valence-electron chi connectivity index (χ3n) is 4.09. The zero-order valence-corrected chi connectivity index (χ0v) is 15.3. The molecule has 0 bridgehead atoms. The topological polar surface area (TPSA) is 143 Å². The second-order valence-electron chi connectivity index (χ2n) is 6.61. The fourth-order valence-corrected chi connectivity index (χ4v) is 2.71. The zero-order chi connectivity index (χ0) is 20.3. The van der Waals surface area contributed by atoms with Crippen LogP contribution in [0.2, 0.25) is 0 Å². The summed E-state index contributed by atoms with van der Waals surface area (Å²) in [6.07, 6.45) is 0.873. The standard InChI is InChI=1S/C19H22N2O6/c1-9(2)6-7-27-12-5-4-11(8-10(12)3)13-14(18(23)24)16(20)21-17(22)15(13)19(25)26/h4-5,8-9H,6-7H2,1-3H3,(H,23,24)(H,25,26)(H3,20,21,22). The molecule has 8 nitrogen and oxygen atoms in total. The van der Waals surface area contributed by atoms with Gasteiger partial charge in [0.05, 0.1) is 6.61 Å². The van der Waals surface area contributed by atoms with Crippen molar-refractivity contribution >= 4 is 17.8 Å². The highest BCUT2D eigenvalue weighted by atomic mass is 16.5. The normalized spacial score (nSPS) is 10.8. The number of hydrogen-bond acceptors (Lipinski definition) is 5. The lowest BCUT2D eigenvalue weighted by Crippen LogP contribution is -2.24. The van der Waals surface area contributed by atoms with Crippen molar-refractivity contribution in [1.82, 2.24) is 4.98 Å². The summed E-state index contributed by atoms with van der Waals surface area (Å²) in [7, 11) is 0. The number of nitrogen functional groups attached to an aromatic ring is 1. The van der Waals surface area contributed by atoms with Crippen molar-refractivity contribution in [3.63, 3.8) is 0 Å². The van der Waals surface area contributed by atoms with Gasteiger partial charge in [0, 0.05) is 5.56 Å². The van der Waals surface area contributed by atoms with Crippen LogP contribution in [-0.4, -0.2) is 33.7 Å². The fourth-order valence-electron chi connectivity index (χ4n) is 2.71. The maximum Gasteiger partial charge on any atom is 0.342 e. The smallest absolute Gasteiger partial charge is 0.342 e. The highest BCUT2D eigenvalue weighted by molar-refractivity contribution is 6.07. The van der Waals surface area contributed by atoms with Crippen LogP contribution in [0.1, 0.15) is 46.5 Å². The van der Waals surface area contributed by atoms with E-state index in [2.05, 4.69) is 18.8 Å². The van der Waals surface area contributed by atoms with Crippen molar-refractivity contribution in [2.24, 2.45) is 5.92 Å². The third kappa shape index (κ3) is 4.28. The molecule has 0 atom stereocenters. The molecular weight excluding hydrogens is 352 g/mol.